The van der Waals surface area contributed by atoms with Crippen molar-refractivity contribution < 1.29 is 14.6 Å². The highest BCUT2D eigenvalue weighted by Crippen LogP contribution is 2.32. The Kier molecular flexibility index (Phi) is 5.07. The van der Waals surface area contributed by atoms with E-state index < -0.39 is 5.97 Å². The van der Waals surface area contributed by atoms with Crippen molar-refractivity contribution in [2.75, 3.05) is 0 Å². The zero-order valence-electron chi connectivity index (χ0n) is 11.1. The maximum Gasteiger partial charge on any atom is 0.339 e. The number of ether oxygens (including phenoxy) is 1. The van der Waals surface area contributed by atoms with Crippen LogP contribution < -0.4 is 4.74 Å². The molecule has 2 rings (SSSR count). The quantitative estimate of drug-likeness (QED) is 0.798. The summed E-state index contributed by atoms with van der Waals surface area (Å²) < 4.78 is 6.94. The predicted octanol–water partition coefficient (Wildman–Crippen LogP) is 4.34. The Morgan fingerprint density at radius 1 is 1.42 bits per heavy atom. The van der Waals surface area contributed by atoms with Gasteiger partial charge in [0, 0.05) is 3.57 Å². The number of halogens is 1. The van der Waals surface area contributed by atoms with Gasteiger partial charge in [0.25, 0.3) is 0 Å². The van der Waals surface area contributed by atoms with Crippen molar-refractivity contribution in [2.24, 2.45) is 5.92 Å². The summed E-state index contributed by atoms with van der Waals surface area (Å²) in [5, 5.41) is 9.26. The van der Waals surface area contributed by atoms with Crippen molar-refractivity contribution in [1.82, 2.24) is 0 Å². The van der Waals surface area contributed by atoms with E-state index in [9.17, 15) is 9.90 Å². The minimum atomic E-state index is -0.919. The SMILES string of the molecule is CCC1CCCCC1Oc1ccc(I)cc1C(=O)O. The molecule has 0 bridgehead atoms. The Labute approximate surface area is 127 Å². The van der Waals surface area contributed by atoms with Gasteiger partial charge in [0.05, 0.1) is 0 Å². The molecule has 19 heavy (non-hydrogen) atoms. The molecule has 3 nitrogen and oxygen atoms in total. The van der Waals surface area contributed by atoms with E-state index in [0.29, 0.717) is 11.7 Å². The average molecular weight is 374 g/mol. The molecule has 0 radical (unpaired) electrons. The van der Waals surface area contributed by atoms with Crippen LogP contribution in [-0.4, -0.2) is 17.2 Å². The molecule has 1 aliphatic rings. The summed E-state index contributed by atoms with van der Waals surface area (Å²) in [7, 11) is 0. The Morgan fingerprint density at radius 2 is 2.16 bits per heavy atom. The highest BCUT2D eigenvalue weighted by Gasteiger charge is 2.26. The number of aromatic carboxylic acids is 1. The van der Waals surface area contributed by atoms with E-state index in [1.807, 2.05) is 6.07 Å². The fourth-order valence-electron chi connectivity index (χ4n) is 2.73. The van der Waals surface area contributed by atoms with Crippen LogP contribution in [-0.2, 0) is 0 Å². The molecule has 1 aromatic carbocycles. The molecule has 104 valence electrons. The first-order chi connectivity index (χ1) is 9.11. The smallest absolute Gasteiger partial charge is 0.339 e. The van der Waals surface area contributed by atoms with E-state index >= 15 is 0 Å². The lowest BCUT2D eigenvalue weighted by Crippen LogP contribution is -2.30. The molecule has 0 heterocycles. The van der Waals surface area contributed by atoms with Gasteiger partial charge < -0.3 is 9.84 Å². The fourth-order valence-corrected chi connectivity index (χ4v) is 3.22. The number of carbonyl (C=O) groups is 1. The van der Waals surface area contributed by atoms with Gasteiger partial charge in [0.15, 0.2) is 0 Å². The van der Waals surface area contributed by atoms with Crippen LogP contribution in [0.5, 0.6) is 5.75 Å². The van der Waals surface area contributed by atoms with Crippen LogP contribution >= 0.6 is 22.6 Å². The van der Waals surface area contributed by atoms with Crippen molar-refractivity contribution in [3.63, 3.8) is 0 Å². The Hall–Kier alpha value is -0.780. The van der Waals surface area contributed by atoms with Crippen LogP contribution in [0.15, 0.2) is 18.2 Å². The number of hydrogen-bond donors (Lipinski definition) is 1. The Bertz CT molecular complexity index is 459. The van der Waals surface area contributed by atoms with Crippen LogP contribution in [0.2, 0.25) is 0 Å². The normalized spacial score (nSPS) is 23.1. The Balaban J connectivity index is 2.20. The molecule has 1 N–H and O–H groups in total. The third kappa shape index (κ3) is 3.61. The summed E-state index contributed by atoms with van der Waals surface area (Å²) in [4.78, 5) is 11.3. The fraction of sp³-hybridized carbons (Fsp3) is 0.533. The van der Waals surface area contributed by atoms with Gasteiger partial charge >= 0.3 is 5.97 Å². The number of carboxylic acids is 1. The van der Waals surface area contributed by atoms with Gasteiger partial charge in [-0.05, 0) is 72.4 Å². The number of benzene rings is 1. The van der Waals surface area contributed by atoms with Crippen molar-refractivity contribution in [1.29, 1.82) is 0 Å². The van der Waals surface area contributed by atoms with Gasteiger partial charge in [-0.3, -0.25) is 0 Å². The van der Waals surface area contributed by atoms with Gasteiger partial charge in [0.1, 0.15) is 17.4 Å². The van der Waals surface area contributed by atoms with Gasteiger partial charge in [-0.1, -0.05) is 13.3 Å². The van der Waals surface area contributed by atoms with E-state index in [4.69, 9.17) is 4.74 Å². The summed E-state index contributed by atoms with van der Waals surface area (Å²) in [5.74, 6) is 0.144. The third-order valence-corrected chi connectivity index (χ3v) is 4.49. The van der Waals surface area contributed by atoms with E-state index in [2.05, 4.69) is 29.5 Å². The van der Waals surface area contributed by atoms with Crippen molar-refractivity contribution in [2.45, 2.75) is 45.1 Å². The molecular weight excluding hydrogens is 355 g/mol. The first kappa shape index (κ1) is 14.6. The number of hydrogen-bond acceptors (Lipinski definition) is 2. The van der Waals surface area contributed by atoms with Crippen molar-refractivity contribution in [3.05, 3.63) is 27.3 Å². The zero-order chi connectivity index (χ0) is 13.8. The lowest BCUT2D eigenvalue weighted by molar-refractivity contribution is 0.0664. The molecule has 2 atom stereocenters. The molecule has 1 aromatic rings. The van der Waals surface area contributed by atoms with E-state index in [0.717, 1.165) is 16.4 Å². The monoisotopic (exact) mass is 374 g/mol. The lowest BCUT2D eigenvalue weighted by atomic mass is 9.84. The summed E-state index contributed by atoms with van der Waals surface area (Å²) in [6.07, 6.45) is 5.91. The molecule has 4 heteroatoms. The lowest BCUT2D eigenvalue weighted by Gasteiger charge is -2.31. The molecular formula is C15H19IO3. The minimum absolute atomic E-state index is 0.164. The molecule has 0 saturated heterocycles. The second kappa shape index (κ2) is 6.59. The molecule has 1 aliphatic carbocycles. The molecule has 1 saturated carbocycles. The summed E-state index contributed by atoms with van der Waals surface area (Å²) >= 11 is 2.12. The summed E-state index contributed by atoms with van der Waals surface area (Å²) in [6.45, 7) is 2.18. The topological polar surface area (TPSA) is 46.5 Å². The van der Waals surface area contributed by atoms with Crippen molar-refractivity contribution >= 4 is 28.6 Å². The highest BCUT2D eigenvalue weighted by atomic mass is 127. The second-order valence-electron chi connectivity index (χ2n) is 5.05. The molecule has 2 unspecified atom stereocenters. The second-order valence-corrected chi connectivity index (χ2v) is 6.30. The van der Waals surface area contributed by atoms with Crippen LogP contribution in [0.4, 0.5) is 0 Å². The summed E-state index contributed by atoms with van der Waals surface area (Å²) in [5.41, 5.74) is 0.271. The standard InChI is InChI=1S/C15H19IO3/c1-2-10-5-3-4-6-13(10)19-14-8-7-11(16)9-12(14)15(17)18/h7-10,13H,2-6H2,1H3,(H,17,18). The maximum absolute atomic E-state index is 11.3. The van der Waals surface area contributed by atoms with Crippen LogP contribution in [0.25, 0.3) is 0 Å². The van der Waals surface area contributed by atoms with Crippen molar-refractivity contribution in [3.8, 4) is 5.75 Å². The van der Waals surface area contributed by atoms with Gasteiger partial charge in [-0.2, -0.15) is 0 Å². The van der Waals surface area contributed by atoms with Gasteiger partial charge in [-0.15, -0.1) is 0 Å². The first-order valence-corrected chi connectivity index (χ1v) is 7.89. The molecule has 0 aromatic heterocycles. The Morgan fingerprint density at radius 3 is 2.84 bits per heavy atom. The zero-order valence-corrected chi connectivity index (χ0v) is 13.2. The summed E-state index contributed by atoms with van der Waals surface area (Å²) in [6, 6.07) is 5.35. The molecule has 0 spiro atoms. The molecule has 0 amide bonds. The largest absolute Gasteiger partial charge is 0.489 e. The van der Waals surface area contributed by atoms with E-state index in [-0.39, 0.29) is 11.7 Å². The minimum Gasteiger partial charge on any atom is -0.489 e. The van der Waals surface area contributed by atoms with Gasteiger partial charge in [-0.25, -0.2) is 4.79 Å². The third-order valence-electron chi connectivity index (χ3n) is 3.81. The molecule has 0 aliphatic heterocycles. The van der Waals surface area contributed by atoms with Crippen LogP contribution in [0.3, 0.4) is 0 Å². The molecule has 1 fully saturated rings. The van der Waals surface area contributed by atoms with E-state index in [1.165, 1.54) is 19.3 Å². The van der Waals surface area contributed by atoms with Gasteiger partial charge in [0.2, 0.25) is 0 Å². The predicted molar refractivity (Wildman–Crippen MR) is 82.8 cm³/mol. The maximum atomic E-state index is 11.3. The van der Waals surface area contributed by atoms with E-state index in [1.54, 1.807) is 12.1 Å². The number of carboxylic acid groups (broad SMARTS) is 1. The number of rotatable bonds is 4. The average Bonchev–Trinajstić information content (AvgIpc) is 2.41. The highest BCUT2D eigenvalue weighted by molar-refractivity contribution is 14.1. The first-order valence-electron chi connectivity index (χ1n) is 6.81. The van der Waals surface area contributed by atoms with Crippen LogP contribution in [0, 0.1) is 9.49 Å². The van der Waals surface area contributed by atoms with Crippen LogP contribution in [0.1, 0.15) is 49.4 Å².